The summed E-state index contributed by atoms with van der Waals surface area (Å²) in [6.45, 7) is 2.26. The average Bonchev–Trinajstić information content (AvgIpc) is 2.76. The molecule has 0 amide bonds. The molecule has 0 spiro atoms. The van der Waals surface area contributed by atoms with Gasteiger partial charge in [-0.3, -0.25) is 0 Å². The fourth-order valence-electron chi connectivity index (χ4n) is 2.15. The molecule has 0 aliphatic heterocycles. The molecule has 0 saturated heterocycles. The Morgan fingerprint density at radius 3 is 2.56 bits per heavy atom. The molecule has 85 valence electrons. The van der Waals surface area contributed by atoms with Crippen molar-refractivity contribution >= 4 is 0 Å². The van der Waals surface area contributed by atoms with Crippen LogP contribution in [0.2, 0.25) is 0 Å². The Labute approximate surface area is 126 Å². The van der Waals surface area contributed by atoms with E-state index >= 15 is 0 Å². The van der Waals surface area contributed by atoms with Crippen molar-refractivity contribution in [1.82, 2.24) is 0 Å². The van der Waals surface area contributed by atoms with Crippen molar-refractivity contribution in [2.24, 2.45) is 0 Å². The summed E-state index contributed by atoms with van der Waals surface area (Å²) in [4.78, 5) is 0. The Morgan fingerprint density at radius 2 is 2.00 bits per heavy atom. The van der Waals surface area contributed by atoms with Crippen LogP contribution in [0.3, 0.4) is 0 Å². The zero-order valence-electron chi connectivity index (χ0n) is 9.39. The maximum atomic E-state index is 2.43. The van der Waals surface area contributed by atoms with Crippen molar-refractivity contribution in [3.05, 3.63) is 44.3 Å². The van der Waals surface area contributed by atoms with Gasteiger partial charge in [0.15, 0.2) is 0 Å². The molecule has 0 aromatic rings. The predicted molar refractivity (Wildman–Crippen MR) is 56.5 cm³/mol. The minimum atomic E-state index is 0. The molecular formula is C13H15Cl2Zr. The van der Waals surface area contributed by atoms with Gasteiger partial charge in [0, 0.05) is 0 Å². The normalized spacial score (nSPS) is 17.9. The first kappa shape index (κ1) is 16.4. The smallest absolute Gasteiger partial charge is 1.00 e. The molecule has 0 radical (unpaired) electrons. The van der Waals surface area contributed by atoms with E-state index in [2.05, 4.69) is 31.2 Å². The standard InChI is InChI=1S/C13H15.2ClH.Zr/c1-2-6-11-9-5-10-13(11)12-7-3-4-8-12;;;/h3-4,7,9H,2,5-6,8H2,1H3;2*1H;/q;;;+2/p-2. The first-order chi connectivity index (χ1) is 6.83. The van der Waals surface area contributed by atoms with E-state index in [0.29, 0.717) is 0 Å². The molecule has 0 aromatic heterocycles. The van der Waals surface area contributed by atoms with Gasteiger partial charge in [0.25, 0.3) is 0 Å². The Bertz CT molecular complexity index is 362. The molecule has 2 rings (SSSR count). The SMILES string of the molecule is CCCC1=CC[C]([Zr+2])=C1C1=CC=CC1.[Cl-].[Cl-]. The molecule has 0 unspecified atom stereocenters. The summed E-state index contributed by atoms with van der Waals surface area (Å²) in [6, 6.07) is 0. The second-order valence-electron chi connectivity index (χ2n) is 3.86. The molecule has 0 bridgehead atoms. The zero-order chi connectivity index (χ0) is 9.97. The Kier molecular flexibility index (Phi) is 7.90. The Morgan fingerprint density at radius 1 is 1.25 bits per heavy atom. The molecule has 2 aliphatic carbocycles. The van der Waals surface area contributed by atoms with E-state index in [-0.39, 0.29) is 24.8 Å². The third-order valence-corrected chi connectivity index (χ3v) is 3.90. The maximum absolute atomic E-state index is 2.43. The number of hydrogen-bond acceptors (Lipinski definition) is 0. The zero-order valence-corrected chi connectivity index (χ0v) is 13.4. The number of hydrogen-bond donors (Lipinski definition) is 0. The predicted octanol–water partition coefficient (Wildman–Crippen LogP) is -2.19. The largest absolute Gasteiger partial charge is 1.00 e. The molecule has 2 aliphatic rings. The third-order valence-electron chi connectivity index (χ3n) is 2.79. The summed E-state index contributed by atoms with van der Waals surface area (Å²) < 4.78 is 1.65. The molecule has 0 nitrogen and oxygen atoms in total. The Hall–Kier alpha value is 0.423. The number of halogens is 2. The molecule has 0 atom stereocenters. The molecule has 0 aromatic carbocycles. The van der Waals surface area contributed by atoms with E-state index in [0.717, 1.165) is 6.42 Å². The van der Waals surface area contributed by atoms with Crippen LogP contribution in [0.1, 0.15) is 32.6 Å². The maximum Gasteiger partial charge on any atom is -1.00 e. The molecule has 16 heavy (non-hydrogen) atoms. The first-order valence-electron chi connectivity index (χ1n) is 5.33. The molecule has 0 fully saturated rings. The van der Waals surface area contributed by atoms with Gasteiger partial charge < -0.3 is 24.8 Å². The summed E-state index contributed by atoms with van der Waals surface area (Å²) in [7, 11) is 0. The van der Waals surface area contributed by atoms with E-state index in [9.17, 15) is 0 Å². The summed E-state index contributed by atoms with van der Waals surface area (Å²) in [5, 5.41) is 0. The van der Waals surface area contributed by atoms with Crippen molar-refractivity contribution in [3.63, 3.8) is 0 Å². The third kappa shape index (κ3) is 3.46. The minimum absolute atomic E-state index is 0. The monoisotopic (exact) mass is 331 g/mol. The van der Waals surface area contributed by atoms with Crippen LogP contribution >= 0.6 is 0 Å². The quantitative estimate of drug-likeness (QED) is 0.551. The Balaban J connectivity index is 0.00000112. The van der Waals surface area contributed by atoms with Crippen LogP contribution in [0.25, 0.3) is 0 Å². The fourth-order valence-corrected chi connectivity index (χ4v) is 3.19. The summed E-state index contributed by atoms with van der Waals surface area (Å²) in [5.74, 6) is 0. The second-order valence-corrected chi connectivity index (χ2v) is 5.34. The number of rotatable bonds is 3. The van der Waals surface area contributed by atoms with Gasteiger partial charge in [-0.1, -0.05) is 0 Å². The minimum Gasteiger partial charge on any atom is -1.00 e. The van der Waals surface area contributed by atoms with Crippen molar-refractivity contribution < 1.29 is 49.5 Å². The van der Waals surface area contributed by atoms with Crippen molar-refractivity contribution in [1.29, 1.82) is 0 Å². The van der Waals surface area contributed by atoms with Crippen LogP contribution in [0, 0.1) is 0 Å². The van der Waals surface area contributed by atoms with Gasteiger partial charge >= 0.3 is 102 Å². The van der Waals surface area contributed by atoms with Crippen molar-refractivity contribution in [2.45, 2.75) is 32.6 Å². The van der Waals surface area contributed by atoms with Crippen LogP contribution in [-0.2, 0) is 24.7 Å². The van der Waals surface area contributed by atoms with Gasteiger partial charge in [-0.15, -0.1) is 0 Å². The van der Waals surface area contributed by atoms with E-state index in [1.165, 1.54) is 19.3 Å². The van der Waals surface area contributed by atoms with Gasteiger partial charge in [-0.2, -0.15) is 0 Å². The topological polar surface area (TPSA) is 0 Å². The first-order valence-corrected chi connectivity index (χ1v) is 6.56. The van der Waals surface area contributed by atoms with Crippen LogP contribution in [-0.4, -0.2) is 0 Å². The van der Waals surface area contributed by atoms with Crippen molar-refractivity contribution in [3.8, 4) is 0 Å². The average molecular weight is 333 g/mol. The second kappa shape index (κ2) is 7.69. The van der Waals surface area contributed by atoms with E-state index < -0.39 is 0 Å². The molecule has 0 heterocycles. The number of allylic oxidation sites excluding steroid dienone is 8. The van der Waals surface area contributed by atoms with Crippen LogP contribution in [0.4, 0.5) is 0 Å². The van der Waals surface area contributed by atoms with Gasteiger partial charge in [0.05, 0.1) is 0 Å². The molecule has 0 saturated carbocycles. The van der Waals surface area contributed by atoms with Gasteiger partial charge in [0.1, 0.15) is 0 Å². The van der Waals surface area contributed by atoms with Crippen LogP contribution in [0.15, 0.2) is 44.3 Å². The van der Waals surface area contributed by atoms with Crippen molar-refractivity contribution in [2.75, 3.05) is 0 Å². The summed E-state index contributed by atoms with van der Waals surface area (Å²) >= 11 is 1.59. The van der Waals surface area contributed by atoms with Gasteiger partial charge in [-0.25, -0.2) is 0 Å². The van der Waals surface area contributed by atoms with Gasteiger partial charge in [0.2, 0.25) is 0 Å². The van der Waals surface area contributed by atoms with E-state index in [1.807, 2.05) is 0 Å². The molecule has 3 heteroatoms. The van der Waals surface area contributed by atoms with Gasteiger partial charge in [-0.05, 0) is 0 Å². The molecular weight excluding hydrogens is 318 g/mol. The fraction of sp³-hybridized carbons (Fsp3) is 0.385. The van der Waals surface area contributed by atoms with E-state index in [1.54, 1.807) is 44.7 Å². The summed E-state index contributed by atoms with van der Waals surface area (Å²) in [6.07, 6.45) is 14.0. The summed E-state index contributed by atoms with van der Waals surface area (Å²) in [5.41, 5.74) is 4.76. The van der Waals surface area contributed by atoms with E-state index in [4.69, 9.17) is 0 Å². The molecule has 0 N–H and O–H groups in total. The van der Waals surface area contributed by atoms with Crippen LogP contribution in [0.5, 0.6) is 0 Å². The van der Waals surface area contributed by atoms with Crippen LogP contribution < -0.4 is 24.8 Å².